The molecule has 6 heteroatoms. The number of pyridine rings is 1. The molecule has 1 saturated heterocycles. The Hall–Kier alpha value is -3.07. The standard InChI is InChI=1S/C22H24N2O4/c1-3-11-24-12-9-15(19(14-24)22(26)27)4-7-21(25)17-8-10-23-20-6-5-16(28-2)13-18(17)20/h5-6,8,10,13,15,19H,4,7,9,12,14H2,1-2H3,(H,26,27). The number of ketones is 1. The number of ether oxygens (including phenoxy) is 1. The summed E-state index contributed by atoms with van der Waals surface area (Å²) in [5.41, 5.74) is 1.34. The van der Waals surface area contributed by atoms with Crippen molar-refractivity contribution >= 4 is 22.7 Å². The minimum Gasteiger partial charge on any atom is -0.497 e. The number of Topliss-reactive ketones (excluding diaryl/α,β-unsaturated/α-hetero) is 1. The van der Waals surface area contributed by atoms with Gasteiger partial charge in [0.05, 0.1) is 18.5 Å². The molecule has 1 N–H and O–H groups in total. The quantitative estimate of drug-likeness (QED) is 0.612. The van der Waals surface area contributed by atoms with Crippen LogP contribution in [0.3, 0.4) is 0 Å². The number of carbonyl (C=O) groups excluding carboxylic acids is 1. The van der Waals surface area contributed by atoms with Crippen LogP contribution in [-0.4, -0.2) is 46.9 Å². The first-order valence-electron chi connectivity index (χ1n) is 9.39. The van der Waals surface area contributed by atoms with E-state index in [1.165, 1.54) is 0 Å². The predicted molar refractivity (Wildman–Crippen MR) is 106 cm³/mol. The zero-order valence-electron chi connectivity index (χ0n) is 16.1. The van der Waals surface area contributed by atoms with Gasteiger partial charge in [0.1, 0.15) is 5.75 Å². The summed E-state index contributed by atoms with van der Waals surface area (Å²) in [5.74, 6) is 2.14. The van der Waals surface area contributed by atoms with E-state index in [1.54, 1.807) is 26.3 Å². The van der Waals surface area contributed by atoms with Crippen molar-refractivity contribution in [2.75, 3.05) is 20.2 Å². The first-order valence-corrected chi connectivity index (χ1v) is 9.39. The number of carboxylic acid groups (broad SMARTS) is 1. The summed E-state index contributed by atoms with van der Waals surface area (Å²) >= 11 is 0. The lowest BCUT2D eigenvalue weighted by atomic mass is 9.81. The van der Waals surface area contributed by atoms with Gasteiger partial charge in [-0.3, -0.25) is 14.6 Å². The highest BCUT2D eigenvalue weighted by molar-refractivity contribution is 6.07. The van der Waals surface area contributed by atoms with Crippen molar-refractivity contribution in [2.45, 2.75) is 26.2 Å². The molecule has 28 heavy (non-hydrogen) atoms. The fourth-order valence-corrected chi connectivity index (χ4v) is 3.83. The monoisotopic (exact) mass is 380 g/mol. The smallest absolute Gasteiger partial charge is 0.308 e. The van der Waals surface area contributed by atoms with Gasteiger partial charge in [0.2, 0.25) is 0 Å². The molecule has 0 aliphatic carbocycles. The van der Waals surface area contributed by atoms with Gasteiger partial charge in [0.15, 0.2) is 5.78 Å². The van der Waals surface area contributed by atoms with Crippen LogP contribution in [-0.2, 0) is 4.79 Å². The van der Waals surface area contributed by atoms with Gasteiger partial charge in [0.25, 0.3) is 0 Å². The molecule has 0 saturated carbocycles. The highest BCUT2D eigenvalue weighted by Crippen LogP contribution is 2.29. The zero-order chi connectivity index (χ0) is 20.1. The van der Waals surface area contributed by atoms with Crippen LogP contribution in [0.4, 0.5) is 0 Å². The number of carboxylic acids is 1. The molecule has 1 aromatic carbocycles. The van der Waals surface area contributed by atoms with E-state index in [-0.39, 0.29) is 11.7 Å². The molecule has 2 heterocycles. The highest BCUT2D eigenvalue weighted by Gasteiger charge is 2.33. The molecule has 0 amide bonds. The second kappa shape index (κ2) is 8.75. The number of nitrogens with zero attached hydrogens (tertiary/aromatic N) is 2. The van der Waals surface area contributed by atoms with Crippen molar-refractivity contribution in [3.05, 3.63) is 36.0 Å². The third-order valence-electron chi connectivity index (χ3n) is 5.33. The predicted octanol–water partition coefficient (Wildman–Crippen LogP) is 3.21. The molecule has 0 bridgehead atoms. The SMILES string of the molecule is CC#CN1CCC(CCC(=O)c2ccnc3ccc(OC)cc23)C(C(=O)O)C1. The Morgan fingerprint density at radius 3 is 2.89 bits per heavy atom. The third kappa shape index (κ3) is 4.25. The molecule has 2 atom stereocenters. The molecule has 0 radical (unpaired) electrons. The van der Waals surface area contributed by atoms with E-state index in [1.807, 2.05) is 23.1 Å². The maximum Gasteiger partial charge on any atom is 0.308 e. The minimum atomic E-state index is -0.820. The number of hydrogen-bond acceptors (Lipinski definition) is 5. The Bertz CT molecular complexity index is 944. The number of aromatic nitrogens is 1. The maximum atomic E-state index is 12.9. The number of methoxy groups -OCH3 is 1. The molecule has 3 rings (SSSR count). The Balaban J connectivity index is 1.74. The lowest BCUT2D eigenvalue weighted by Gasteiger charge is -2.34. The minimum absolute atomic E-state index is 0.000529. The number of piperidine rings is 1. The molecular weight excluding hydrogens is 356 g/mol. The van der Waals surface area contributed by atoms with Crippen LogP contribution in [0.1, 0.15) is 36.5 Å². The van der Waals surface area contributed by atoms with E-state index < -0.39 is 11.9 Å². The highest BCUT2D eigenvalue weighted by atomic mass is 16.5. The number of rotatable bonds is 6. The summed E-state index contributed by atoms with van der Waals surface area (Å²) < 4.78 is 5.26. The molecule has 146 valence electrons. The Kier molecular flexibility index (Phi) is 6.15. The Morgan fingerprint density at radius 1 is 1.36 bits per heavy atom. The second-order valence-electron chi connectivity index (χ2n) is 7.00. The van der Waals surface area contributed by atoms with E-state index in [9.17, 15) is 14.7 Å². The summed E-state index contributed by atoms with van der Waals surface area (Å²) in [5, 5.41) is 10.4. The molecule has 1 aliphatic heterocycles. The van der Waals surface area contributed by atoms with Crippen molar-refractivity contribution in [3.63, 3.8) is 0 Å². The molecule has 2 aromatic rings. The third-order valence-corrected chi connectivity index (χ3v) is 5.33. The topological polar surface area (TPSA) is 79.7 Å². The first kappa shape index (κ1) is 19.7. The molecule has 1 fully saturated rings. The van der Waals surface area contributed by atoms with Gasteiger partial charge in [-0.2, -0.15) is 0 Å². The van der Waals surface area contributed by atoms with Crippen LogP contribution in [0.2, 0.25) is 0 Å². The maximum absolute atomic E-state index is 12.9. The summed E-state index contributed by atoms with van der Waals surface area (Å²) in [6.45, 7) is 2.89. The van der Waals surface area contributed by atoms with Gasteiger partial charge >= 0.3 is 5.97 Å². The van der Waals surface area contributed by atoms with E-state index in [4.69, 9.17) is 4.74 Å². The van der Waals surface area contributed by atoms with Crippen LogP contribution in [0.25, 0.3) is 10.9 Å². The number of likely N-dealkylation sites (tertiary alicyclic amines) is 1. The van der Waals surface area contributed by atoms with Crippen LogP contribution >= 0.6 is 0 Å². The molecular formula is C22H24N2O4. The number of hydrogen-bond donors (Lipinski definition) is 1. The fourth-order valence-electron chi connectivity index (χ4n) is 3.83. The van der Waals surface area contributed by atoms with E-state index in [2.05, 4.69) is 16.9 Å². The van der Waals surface area contributed by atoms with Crippen molar-refractivity contribution in [1.29, 1.82) is 0 Å². The Morgan fingerprint density at radius 2 is 2.18 bits per heavy atom. The van der Waals surface area contributed by atoms with Crippen molar-refractivity contribution in [1.82, 2.24) is 9.88 Å². The Labute approximate surface area is 164 Å². The average molecular weight is 380 g/mol. The van der Waals surface area contributed by atoms with Crippen molar-refractivity contribution in [3.8, 4) is 17.7 Å². The van der Waals surface area contributed by atoms with Gasteiger partial charge in [-0.05, 0) is 49.9 Å². The molecule has 1 aromatic heterocycles. The second-order valence-corrected chi connectivity index (χ2v) is 7.00. The van der Waals surface area contributed by atoms with E-state index >= 15 is 0 Å². The van der Waals surface area contributed by atoms with Gasteiger partial charge in [-0.15, -0.1) is 0 Å². The van der Waals surface area contributed by atoms with Gasteiger partial charge in [0, 0.05) is 42.7 Å². The normalized spacial score (nSPS) is 19.0. The van der Waals surface area contributed by atoms with Gasteiger partial charge in [-0.1, -0.05) is 5.92 Å². The zero-order valence-corrected chi connectivity index (χ0v) is 16.1. The van der Waals surface area contributed by atoms with Crippen LogP contribution in [0, 0.1) is 23.8 Å². The number of benzene rings is 1. The number of fused-ring (bicyclic) bond motifs is 1. The van der Waals surface area contributed by atoms with Crippen molar-refractivity contribution in [2.24, 2.45) is 11.8 Å². The van der Waals surface area contributed by atoms with Crippen LogP contribution in [0.15, 0.2) is 30.5 Å². The summed E-state index contributed by atoms with van der Waals surface area (Å²) in [7, 11) is 1.58. The molecule has 2 unspecified atom stereocenters. The summed E-state index contributed by atoms with van der Waals surface area (Å²) in [4.78, 5) is 30.8. The van der Waals surface area contributed by atoms with Crippen LogP contribution < -0.4 is 4.74 Å². The van der Waals surface area contributed by atoms with E-state index in [0.717, 1.165) is 23.9 Å². The van der Waals surface area contributed by atoms with E-state index in [0.29, 0.717) is 30.7 Å². The van der Waals surface area contributed by atoms with Gasteiger partial charge < -0.3 is 14.7 Å². The lowest BCUT2D eigenvalue weighted by molar-refractivity contribution is -0.145. The first-order chi connectivity index (χ1) is 13.5. The van der Waals surface area contributed by atoms with Crippen LogP contribution in [0.5, 0.6) is 5.75 Å². The largest absolute Gasteiger partial charge is 0.497 e. The summed E-state index contributed by atoms with van der Waals surface area (Å²) in [6, 6.07) is 10.1. The van der Waals surface area contributed by atoms with Crippen molar-refractivity contribution < 1.29 is 19.4 Å². The molecule has 0 spiro atoms. The molecule has 1 aliphatic rings. The fraction of sp³-hybridized carbons (Fsp3) is 0.409. The number of aliphatic carboxylic acids is 1. The van der Waals surface area contributed by atoms with Gasteiger partial charge in [-0.25, -0.2) is 0 Å². The number of carbonyl (C=O) groups is 2. The average Bonchev–Trinajstić information content (AvgIpc) is 2.71. The molecule has 6 nitrogen and oxygen atoms in total. The lowest BCUT2D eigenvalue weighted by Crippen LogP contribution is -2.41. The summed E-state index contributed by atoms with van der Waals surface area (Å²) in [6.07, 6.45) is 3.22.